The highest BCUT2D eigenvalue weighted by Gasteiger charge is 2.16. The number of hydrogen-bond acceptors (Lipinski definition) is 2. The maximum atomic E-state index is 12.7. The fourth-order valence-electron chi connectivity index (χ4n) is 2.57. The minimum Gasteiger partial charge on any atom is -0.347 e. The molecule has 3 rings (SSSR count). The van der Waals surface area contributed by atoms with E-state index in [1.54, 1.807) is 30.3 Å². The molecule has 7 heteroatoms. The Labute approximate surface area is 158 Å². The van der Waals surface area contributed by atoms with Crippen molar-refractivity contribution in [2.75, 3.05) is 5.32 Å². The molecule has 0 aliphatic heterocycles. The van der Waals surface area contributed by atoms with E-state index in [9.17, 15) is 9.59 Å². The van der Waals surface area contributed by atoms with Gasteiger partial charge in [0, 0.05) is 28.2 Å². The molecule has 0 saturated heterocycles. The first-order valence-corrected chi connectivity index (χ1v) is 8.63. The first-order valence-electron chi connectivity index (χ1n) is 7.50. The van der Waals surface area contributed by atoms with Gasteiger partial charge in [-0.3, -0.25) is 9.59 Å². The Morgan fingerprint density at radius 2 is 1.76 bits per heavy atom. The van der Waals surface area contributed by atoms with Gasteiger partial charge in [0.05, 0.1) is 16.2 Å². The molecule has 0 aliphatic carbocycles. The van der Waals surface area contributed by atoms with Crippen LogP contribution in [-0.2, 0) is 6.54 Å². The summed E-state index contributed by atoms with van der Waals surface area (Å²) in [7, 11) is 0. The largest absolute Gasteiger partial charge is 0.347 e. The summed E-state index contributed by atoms with van der Waals surface area (Å²) < 4.78 is 1.82. The molecule has 1 aromatic heterocycles. The zero-order valence-corrected chi connectivity index (χ0v) is 15.4. The van der Waals surface area contributed by atoms with Crippen molar-refractivity contribution < 1.29 is 4.79 Å². The number of carbonyl (C=O) groups is 1. The van der Waals surface area contributed by atoms with E-state index in [1.165, 1.54) is 12.3 Å². The first-order chi connectivity index (χ1) is 11.9. The number of nitrogens with zero attached hydrogens (tertiary/aromatic N) is 1. The van der Waals surface area contributed by atoms with Crippen LogP contribution in [0.2, 0.25) is 15.1 Å². The maximum Gasteiger partial charge on any atom is 0.261 e. The molecule has 0 aliphatic rings. The summed E-state index contributed by atoms with van der Waals surface area (Å²) in [5, 5.41) is 4.23. The SMILES string of the molecule is CCn1cc(C(=O)Nc2ccc(Cl)cc2Cl)c(=O)c2cc(Cl)ccc21. The van der Waals surface area contributed by atoms with E-state index in [4.69, 9.17) is 34.8 Å². The number of carbonyl (C=O) groups excluding carboxylic acids is 1. The molecule has 1 N–H and O–H groups in total. The quantitative estimate of drug-likeness (QED) is 0.660. The molecule has 0 bridgehead atoms. The molecule has 0 radical (unpaired) electrons. The lowest BCUT2D eigenvalue weighted by molar-refractivity contribution is 0.102. The summed E-state index contributed by atoms with van der Waals surface area (Å²) in [5.41, 5.74) is 0.732. The van der Waals surface area contributed by atoms with Crippen LogP contribution >= 0.6 is 34.8 Å². The Hall–Kier alpha value is -2.01. The Balaban J connectivity index is 2.10. The van der Waals surface area contributed by atoms with Gasteiger partial charge < -0.3 is 9.88 Å². The normalized spacial score (nSPS) is 10.9. The van der Waals surface area contributed by atoms with Gasteiger partial charge in [0.25, 0.3) is 5.91 Å². The van der Waals surface area contributed by atoms with Crippen LogP contribution in [0.15, 0.2) is 47.4 Å². The number of anilines is 1. The van der Waals surface area contributed by atoms with Gasteiger partial charge in [-0.25, -0.2) is 0 Å². The summed E-state index contributed by atoms with van der Waals surface area (Å²) in [6.07, 6.45) is 1.54. The summed E-state index contributed by atoms with van der Waals surface area (Å²) in [5.74, 6) is -0.543. The number of rotatable bonds is 3. The minimum absolute atomic E-state index is 0.0163. The number of halogens is 3. The number of aryl methyl sites for hydroxylation is 1. The van der Waals surface area contributed by atoms with Crippen molar-refractivity contribution in [2.24, 2.45) is 0 Å². The minimum atomic E-state index is -0.543. The zero-order valence-electron chi connectivity index (χ0n) is 13.1. The number of pyridine rings is 1. The van der Waals surface area contributed by atoms with Gasteiger partial charge >= 0.3 is 0 Å². The zero-order chi connectivity index (χ0) is 18.1. The summed E-state index contributed by atoms with van der Waals surface area (Å²) >= 11 is 17.9. The summed E-state index contributed by atoms with van der Waals surface area (Å²) in [4.78, 5) is 25.4. The van der Waals surface area contributed by atoms with Gasteiger partial charge in [0.15, 0.2) is 0 Å². The smallest absolute Gasteiger partial charge is 0.261 e. The molecule has 2 aromatic carbocycles. The van der Waals surface area contributed by atoms with Gasteiger partial charge in [0.2, 0.25) is 5.43 Å². The van der Waals surface area contributed by atoms with Gasteiger partial charge in [-0.1, -0.05) is 34.8 Å². The topological polar surface area (TPSA) is 51.1 Å². The molecular formula is C18H13Cl3N2O2. The number of hydrogen-bond donors (Lipinski definition) is 1. The van der Waals surface area contributed by atoms with Gasteiger partial charge in [-0.05, 0) is 43.3 Å². The second-order valence-corrected chi connectivity index (χ2v) is 6.68. The highest BCUT2D eigenvalue weighted by molar-refractivity contribution is 6.36. The highest BCUT2D eigenvalue weighted by atomic mass is 35.5. The Kier molecular flexibility index (Phi) is 5.04. The average Bonchev–Trinajstić information content (AvgIpc) is 2.58. The van der Waals surface area contributed by atoms with Crippen LogP contribution < -0.4 is 10.7 Å². The lowest BCUT2D eigenvalue weighted by Gasteiger charge is -2.12. The molecule has 0 spiro atoms. The van der Waals surface area contributed by atoms with E-state index in [2.05, 4.69) is 5.32 Å². The molecule has 4 nitrogen and oxygen atoms in total. The fourth-order valence-corrected chi connectivity index (χ4v) is 3.20. The molecule has 3 aromatic rings. The van der Waals surface area contributed by atoms with Crippen molar-refractivity contribution in [3.05, 3.63) is 73.4 Å². The molecule has 1 heterocycles. The van der Waals surface area contributed by atoms with Gasteiger partial charge in [-0.15, -0.1) is 0 Å². The maximum absolute atomic E-state index is 12.7. The van der Waals surface area contributed by atoms with E-state index in [1.807, 2.05) is 11.5 Å². The lowest BCUT2D eigenvalue weighted by Crippen LogP contribution is -2.24. The van der Waals surface area contributed by atoms with Crippen LogP contribution in [0.5, 0.6) is 0 Å². The number of fused-ring (bicyclic) bond motifs is 1. The molecular weight excluding hydrogens is 383 g/mol. The average molecular weight is 396 g/mol. The Bertz CT molecular complexity index is 1040. The van der Waals surface area contributed by atoms with Crippen molar-refractivity contribution in [3.63, 3.8) is 0 Å². The van der Waals surface area contributed by atoms with Gasteiger partial charge in [0.1, 0.15) is 5.56 Å². The van der Waals surface area contributed by atoms with Crippen LogP contribution in [0.1, 0.15) is 17.3 Å². The molecule has 0 atom stereocenters. The number of aromatic nitrogens is 1. The second-order valence-electron chi connectivity index (χ2n) is 5.40. The van der Waals surface area contributed by atoms with Crippen molar-refractivity contribution in [2.45, 2.75) is 13.5 Å². The Morgan fingerprint density at radius 3 is 2.44 bits per heavy atom. The predicted molar refractivity (Wildman–Crippen MR) is 103 cm³/mol. The lowest BCUT2D eigenvalue weighted by atomic mass is 10.1. The highest BCUT2D eigenvalue weighted by Crippen LogP contribution is 2.26. The molecule has 0 unspecified atom stereocenters. The molecule has 25 heavy (non-hydrogen) atoms. The van der Waals surface area contributed by atoms with Crippen LogP contribution in [0, 0.1) is 0 Å². The second kappa shape index (κ2) is 7.08. The van der Waals surface area contributed by atoms with E-state index >= 15 is 0 Å². The molecule has 0 fully saturated rings. The third kappa shape index (κ3) is 3.52. The van der Waals surface area contributed by atoms with Crippen LogP contribution in [0.25, 0.3) is 10.9 Å². The molecule has 0 saturated carbocycles. The number of nitrogens with one attached hydrogen (secondary N) is 1. The number of benzene rings is 2. The monoisotopic (exact) mass is 394 g/mol. The standard InChI is InChI=1S/C18H13Cl3N2O2/c1-2-23-9-13(17(24)12-7-10(19)4-6-16(12)23)18(25)22-15-5-3-11(20)8-14(15)21/h3-9H,2H2,1H3,(H,22,25). The van der Waals surface area contributed by atoms with Crippen LogP contribution in [-0.4, -0.2) is 10.5 Å². The third-order valence-corrected chi connectivity index (χ3v) is 4.59. The Morgan fingerprint density at radius 1 is 1.08 bits per heavy atom. The van der Waals surface area contributed by atoms with Crippen LogP contribution in [0.3, 0.4) is 0 Å². The first kappa shape index (κ1) is 17.8. The summed E-state index contributed by atoms with van der Waals surface area (Å²) in [6.45, 7) is 2.52. The fraction of sp³-hybridized carbons (Fsp3) is 0.111. The van der Waals surface area contributed by atoms with Crippen molar-refractivity contribution in [1.82, 2.24) is 4.57 Å². The number of amides is 1. The van der Waals surface area contributed by atoms with E-state index in [-0.39, 0.29) is 11.0 Å². The summed E-state index contributed by atoms with van der Waals surface area (Å²) in [6, 6.07) is 9.75. The van der Waals surface area contributed by atoms with E-state index in [0.717, 1.165) is 5.52 Å². The molecule has 1 amide bonds. The van der Waals surface area contributed by atoms with Crippen molar-refractivity contribution >= 4 is 57.3 Å². The van der Waals surface area contributed by atoms with Crippen molar-refractivity contribution in [3.8, 4) is 0 Å². The van der Waals surface area contributed by atoms with Crippen molar-refractivity contribution in [1.29, 1.82) is 0 Å². The van der Waals surface area contributed by atoms with E-state index in [0.29, 0.717) is 32.7 Å². The van der Waals surface area contributed by atoms with Crippen LogP contribution in [0.4, 0.5) is 5.69 Å². The van der Waals surface area contributed by atoms with E-state index < -0.39 is 5.91 Å². The van der Waals surface area contributed by atoms with Gasteiger partial charge in [-0.2, -0.15) is 0 Å². The third-order valence-electron chi connectivity index (χ3n) is 3.81. The predicted octanol–water partition coefficient (Wildman–Crippen LogP) is 5.23. The molecule has 128 valence electrons.